The smallest absolute Gasteiger partial charge is 0.135 e. The molecule has 0 fully saturated rings. The number of fused-ring (bicyclic) bond motifs is 3. The minimum atomic E-state index is 0.600. The molecule has 0 bridgehead atoms. The predicted molar refractivity (Wildman–Crippen MR) is 76.0 cm³/mol. The summed E-state index contributed by atoms with van der Waals surface area (Å²) in [5, 5.41) is 7.96. The molecule has 0 unspecified atom stereocenters. The molecule has 2 aliphatic rings. The quantitative estimate of drug-likeness (QED) is 0.639. The van der Waals surface area contributed by atoms with E-state index < -0.39 is 0 Å². The zero-order valence-corrected chi connectivity index (χ0v) is 10.5. The van der Waals surface area contributed by atoms with E-state index in [4.69, 9.17) is 0 Å². The summed E-state index contributed by atoms with van der Waals surface area (Å²) in [6, 6.07) is 15.1. The van der Waals surface area contributed by atoms with E-state index >= 15 is 0 Å². The summed E-state index contributed by atoms with van der Waals surface area (Å²) in [7, 11) is 0. The normalized spacial score (nSPS) is 15.5. The Kier molecular flexibility index (Phi) is 2.24. The molecule has 2 aromatic carbocycles. The predicted octanol–water partition coefficient (Wildman–Crippen LogP) is 3.96. The minimum Gasteiger partial charge on any atom is -0.324 e. The van der Waals surface area contributed by atoms with Crippen molar-refractivity contribution in [1.82, 2.24) is 0 Å². The lowest BCUT2D eigenvalue weighted by molar-refractivity contribution is 0.868. The Morgan fingerprint density at radius 1 is 0.947 bits per heavy atom. The highest BCUT2D eigenvalue weighted by atomic mass is 15.3. The van der Waals surface area contributed by atoms with Crippen LogP contribution in [0.4, 0.5) is 5.69 Å². The molecule has 0 aromatic heterocycles. The average molecular weight is 247 g/mol. The van der Waals surface area contributed by atoms with E-state index in [2.05, 4.69) is 57.6 Å². The van der Waals surface area contributed by atoms with Crippen LogP contribution in [0.25, 0.3) is 11.1 Å². The van der Waals surface area contributed by atoms with E-state index in [1.165, 1.54) is 27.9 Å². The van der Waals surface area contributed by atoms with Crippen molar-refractivity contribution < 1.29 is 0 Å². The van der Waals surface area contributed by atoms with Crippen LogP contribution in [0.1, 0.15) is 11.1 Å². The van der Waals surface area contributed by atoms with Gasteiger partial charge in [0.05, 0.1) is 6.20 Å². The Morgan fingerprint density at radius 3 is 2.74 bits per heavy atom. The summed E-state index contributed by atoms with van der Waals surface area (Å²) < 4.78 is 0. The zero-order valence-electron chi connectivity index (χ0n) is 10.5. The van der Waals surface area contributed by atoms with Crippen LogP contribution >= 0.6 is 0 Å². The van der Waals surface area contributed by atoms with Crippen LogP contribution in [0.5, 0.6) is 0 Å². The molecule has 1 heterocycles. The Labute approximate surface area is 111 Å². The standard InChI is InChI=1S/C16H13N3/c1-2-5-13-12(4-1)10-15-14(13)6-3-7-16(15)19-9-8-17-18-11-19/h1-9H,10-11H2. The maximum Gasteiger partial charge on any atom is 0.135 e. The van der Waals surface area contributed by atoms with Crippen LogP contribution in [0, 0.1) is 0 Å². The third-order valence-electron chi connectivity index (χ3n) is 3.75. The maximum atomic E-state index is 4.07. The first-order valence-electron chi connectivity index (χ1n) is 6.43. The third kappa shape index (κ3) is 1.58. The van der Waals surface area contributed by atoms with E-state index in [0.717, 1.165) is 6.42 Å². The summed E-state index contributed by atoms with van der Waals surface area (Å²) in [5.74, 6) is 0. The second-order valence-corrected chi connectivity index (χ2v) is 4.80. The average Bonchev–Trinajstić information content (AvgIpc) is 2.87. The number of hydrogen-bond acceptors (Lipinski definition) is 3. The highest BCUT2D eigenvalue weighted by Crippen LogP contribution is 2.41. The van der Waals surface area contributed by atoms with Gasteiger partial charge in [-0.1, -0.05) is 36.4 Å². The molecule has 3 heteroatoms. The fraction of sp³-hybridized carbons (Fsp3) is 0.125. The number of rotatable bonds is 1. The topological polar surface area (TPSA) is 28.0 Å². The lowest BCUT2D eigenvalue weighted by Crippen LogP contribution is -2.18. The molecule has 0 saturated heterocycles. The molecular formula is C16H13N3. The number of azo groups is 1. The molecule has 3 nitrogen and oxygen atoms in total. The number of nitrogens with zero attached hydrogens (tertiary/aromatic N) is 3. The summed E-state index contributed by atoms with van der Waals surface area (Å²) in [4.78, 5) is 2.15. The van der Waals surface area contributed by atoms with Gasteiger partial charge in [0.1, 0.15) is 6.67 Å². The fourth-order valence-corrected chi connectivity index (χ4v) is 2.88. The molecule has 1 aliphatic heterocycles. The SMILES string of the molecule is C1=CN(c2cccc3c2Cc2ccccc2-3)CN=N1. The summed E-state index contributed by atoms with van der Waals surface area (Å²) in [5.41, 5.74) is 6.76. The first-order chi connectivity index (χ1) is 9.43. The van der Waals surface area contributed by atoms with Gasteiger partial charge in [-0.05, 0) is 28.3 Å². The van der Waals surface area contributed by atoms with Crippen molar-refractivity contribution >= 4 is 5.69 Å². The molecule has 19 heavy (non-hydrogen) atoms. The van der Waals surface area contributed by atoms with Gasteiger partial charge in [-0.2, -0.15) is 10.2 Å². The van der Waals surface area contributed by atoms with Crippen LogP contribution in [-0.2, 0) is 6.42 Å². The van der Waals surface area contributed by atoms with Crippen molar-refractivity contribution in [3.63, 3.8) is 0 Å². The van der Waals surface area contributed by atoms with Gasteiger partial charge >= 0.3 is 0 Å². The maximum absolute atomic E-state index is 4.07. The van der Waals surface area contributed by atoms with E-state index in [-0.39, 0.29) is 0 Å². The summed E-state index contributed by atoms with van der Waals surface area (Å²) in [6.45, 7) is 0.600. The van der Waals surface area contributed by atoms with E-state index in [9.17, 15) is 0 Å². The molecule has 0 spiro atoms. The fourth-order valence-electron chi connectivity index (χ4n) is 2.88. The van der Waals surface area contributed by atoms with Gasteiger partial charge in [-0.15, -0.1) is 0 Å². The van der Waals surface area contributed by atoms with Crippen molar-refractivity contribution in [2.75, 3.05) is 11.6 Å². The van der Waals surface area contributed by atoms with Crippen LogP contribution in [0.2, 0.25) is 0 Å². The summed E-state index contributed by atoms with van der Waals surface area (Å²) >= 11 is 0. The highest BCUT2D eigenvalue weighted by Gasteiger charge is 2.22. The van der Waals surface area contributed by atoms with Crippen molar-refractivity contribution in [3.05, 3.63) is 66.0 Å². The first kappa shape index (κ1) is 10.5. The first-order valence-corrected chi connectivity index (χ1v) is 6.43. The van der Waals surface area contributed by atoms with Gasteiger partial charge in [0.15, 0.2) is 0 Å². The van der Waals surface area contributed by atoms with Crippen molar-refractivity contribution in [2.24, 2.45) is 10.2 Å². The molecule has 92 valence electrons. The molecule has 0 saturated carbocycles. The van der Waals surface area contributed by atoms with Gasteiger partial charge in [-0.25, -0.2) is 0 Å². The molecule has 0 radical (unpaired) electrons. The van der Waals surface area contributed by atoms with Gasteiger partial charge < -0.3 is 4.90 Å². The van der Waals surface area contributed by atoms with Crippen molar-refractivity contribution in [3.8, 4) is 11.1 Å². The largest absolute Gasteiger partial charge is 0.324 e. The van der Waals surface area contributed by atoms with Gasteiger partial charge in [0.2, 0.25) is 0 Å². The van der Waals surface area contributed by atoms with Crippen LogP contribution in [0.15, 0.2) is 65.1 Å². The van der Waals surface area contributed by atoms with Gasteiger partial charge in [-0.3, -0.25) is 0 Å². The zero-order chi connectivity index (χ0) is 12.7. The second-order valence-electron chi connectivity index (χ2n) is 4.80. The van der Waals surface area contributed by atoms with Gasteiger partial charge in [0.25, 0.3) is 0 Å². The number of anilines is 1. The lowest BCUT2D eigenvalue weighted by atomic mass is 10.0. The monoisotopic (exact) mass is 247 g/mol. The van der Waals surface area contributed by atoms with E-state index in [1.807, 2.05) is 6.20 Å². The molecule has 4 rings (SSSR count). The molecule has 0 atom stereocenters. The lowest BCUT2D eigenvalue weighted by Gasteiger charge is -2.22. The molecular weight excluding hydrogens is 234 g/mol. The van der Waals surface area contributed by atoms with Crippen molar-refractivity contribution in [1.29, 1.82) is 0 Å². The van der Waals surface area contributed by atoms with Gasteiger partial charge in [0, 0.05) is 18.3 Å². The van der Waals surface area contributed by atoms with Crippen LogP contribution < -0.4 is 4.90 Å². The Hall–Kier alpha value is -2.42. The van der Waals surface area contributed by atoms with E-state index in [0.29, 0.717) is 6.67 Å². The van der Waals surface area contributed by atoms with E-state index in [1.54, 1.807) is 6.20 Å². The number of benzene rings is 2. The number of hydrogen-bond donors (Lipinski definition) is 0. The Morgan fingerprint density at radius 2 is 1.84 bits per heavy atom. The minimum absolute atomic E-state index is 0.600. The van der Waals surface area contributed by atoms with Crippen LogP contribution in [-0.4, -0.2) is 6.67 Å². The molecule has 1 aliphatic carbocycles. The second kappa shape index (κ2) is 4.05. The third-order valence-corrected chi connectivity index (χ3v) is 3.75. The van der Waals surface area contributed by atoms with Crippen LogP contribution in [0.3, 0.4) is 0 Å². The highest BCUT2D eigenvalue weighted by molar-refractivity contribution is 5.82. The molecule has 2 aromatic rings. The Bertz CT molecular complexity index is 701. The molecule has 0 amide bonds. The van der Waals surface area contributed by atoms with Crippen molar-refractivity contribution in [2.45, 2.75) is 6.42 Å². The molecule has 0 N–H and O–H groups in total. The Balaban J connectivity index is 1.85. The summed E-state index contributed by atoms with van der Waals surface area (Å²) in [6.07, 6.45) is 4.74.